The van der Waals surface area contributed by atoms with E-state index in [1.54, 1.807) is 0 Å². The van der Waals surface area contributed by atoms with Crippen LogP contribution >= 0.6 is 0 Å². The Labute approximate surface area is 161 Å². The van der Waals surface area contributed by atoms with E-state index >= 15 is 0 Å². The number of nitrogens with zero attached hydrogens (tertiary/aromatic N) is 1. The van der Waals surface area contributed by atoms with Crippen LogP contribution in [0.3, 0.4) is 0 Å². The molecule has 0 unspecified atom stereocenters. The quantitative estimate of drug-likeness (QED) is 0.549. The summed E-state index contributed by atoms with van der Waals surface area (Å²) in [5, 5.41) is 0. The molecule has 27 heavy (non-hydrogen) atoms. The van der Waals surface area contributed by atoms with Gasteiger partial charge in [0.2, 0.25) is 0 Å². The first-order valence-corrected chi connectivity index (χ1v) is 9.66. The zero-order valence-corrected chi connectivity index (χ0v) is 15.8. The molecule has 4 nitrogen and oxygen atoms in total. The SMILES string of the molecule is CCOC(=O)C[C@@H]1CCN(Cc2ccccc2)[C@H](c2ccccc2)[C@H]1C=O. The molecule has 0 amide bonds. The number of likely N-dealkylation sites (tertiary alicyclic amines) is 1. The molecule has 0 aliphatic carbocycles. The molecule has 1 fully saturated rings. The predicted octanol–water partition coefficient (Wildman–Crippen LogP) is 4.02. The Bertz CT molecular complexity index is 732. The Balaban J connectivity index is 1.86. The van der Waals surface area contributed by atoms with Crippen molar-refractivity contribution in [1.29, 1.82) is 0 Å². The lowest BCUT2D eigenvalue weighted by Gasteiger charge is -2.43. The van der Waals surface area contributed by atoms with Crippen LogP contribution in [0.15, 0.2) is 60.7 Å². The van der Waals surface area contributed by atoms with Crippen LogP contribution < -0.4 is 0 Å². The number of carbonyl (C=O) groups excluding carboxylic acids is 2. The second kappa shape index (κ2) is 9.47. The summed E-state index contributed by atoms with van der Waals surface area (Å²) in [5.74, 6) is -0.425. The highest BCUT2D eigenvalue weighted by atomic mass is 16.5. The number of benzene rings is 2. The largest absolute Gasteiger partial charge is 0.466 e. The summed E-state index contributed by atoms with van der Waals surface area (Å²) >= 11 is 0. The van der Waals surface area contributed by atoms with Gasteiger partial charge in [0.25, 0.3) is 0 Å². The highest BCUT2D eigenvalue weighted by Gasteiger charge is 2.39. The third-order valence-electron chi connectivity index (χ3n) is 5.35. The summed E-state index contributed by atoms with van der Waals surface area (Å²) in [7, 11) is 0. The maximum atomic E-state index is 12.1. The molecule has 2 aromatic rings. The molecule has 1 heterocycles. The van der Waals surface area contributed by atoms with Crippen molar-refractivity contribution < 1.29 is 14.3 Å². The highest BCUT2D eigenvalue weighted by molar-refractivity contribution is 5.70. The number of aldehydes is 1. The lowest BCUT2D eigenvalue weighted by molar-refractivity contribution is -0.146. The second-order valence-electron chi connectivity index (χ2n) is 7.08. The van der Waals surface area contributed by atoms with Crippen molar-refractivity contribution in [3.8, 4) is 0 Å². The fraction of sp³-hybridized carbons (Fsp3) is 0.391. The Hall–Kier alpha value is -2.46. The summed E-state index contributed by atoms with van der Waals surface area (Å²) in [6.45, 7) is 3.82. The van der Waals surface area contributed by atoms with Crippen LogP contribution in [0.2, 0.25) is 0 Å². The van der Waals surface area contributed by atoms with Crippen molar-refractivity contribution in [3.05, 3.63) is 71.8 Å². The van der Waals surface area contributed by atoms with Crippen LogP contribution in [-0.2, 0) is 20.9 Å². The average molecular weight is 365 g/mol. The van der Waals surface area contributed by atoms with E-state index in [4.69, 9.17) is 4.74 Å². The Morgan fingerprint density at radius 3 is 2.41 bits per heavy atom. The Kier molecular flexibility index (Phi) is 6.77. The fourth-order valence-corrected chi connectivity index (χ4v) is 4.10. The van der Waals surface area contributed by atoms with Crippen LogP contribution in [0.1, 0.15) is 36.9 Å². The molecule has 0 bridgehead atoms. The Morgan fingerprint density at radius 1 is 1.11 bits per heavy atom. The van der Waals surface area contributed by atoms with Crippen molar-refractivity contribution in [2.75, 3.05) is 13.2 Å². The smallest absolute Gasteiger partial charge is 0.306 e. The molecule has 2 aromatic carbocycles. The van der Waals surface area contributed by atoms with E-state index in [1.165, 1.54) is 5.56 Å². The van der Waals surface area contributed by atoms with Gasteiger partial charge >= 0.3 is 5.97 Å². The fourth-order valence-electron chi connectivity index (χ4n) is 4.10. The van der Waals surface area contributed by atoms with Crippen LogP contribution in [-0.4, -0.2) is 30.3 Å². The maximum Gasteiger partial charge on any atom is 0.306 e. The molecule has 3 rings (SSSR count). The first-order chi connectivity index (χ1) is 13.2. The van der Waals surface area contributed by atoms with Crippen LogP contribution in [0, 0.1) is 11.8 Å². The summed E-state index contributed by atoms with van der Waals surface area (Å²) in [6.07, 6.45) is 2.16. The first kappa shape index (κ1) is 19.3. The Morgan fingerprint density at radius 2 is 1.78 bits per heavy atom. The molecular weight excluding hydrogens is 338 g/mol. The molecule has 4 heteroatoms. The molecule has 3 atom stereocenters. The second-order valence-corrected chi connectivity index (χ2v) is 7.08. The lowest BCUT2D eigenvalue weighted by Crippen LogP contribution is -2.44. The minimum atomic E-state index is -0.228. The van der Waals surface area contributed by atoms with Gasteiger partial charge in [0.15, 0.2) is 0 Å². The molecule has 142 valence electrons. The number of rotatable bonds is 7. The van der Waals surface area contributed by atoms with Gasteiger partial charge in [-0.1, -0.05) is 60.7 Å². The lowest BCUT2D eigenvalue weighted by atomic mass is 9.76. The van der Waals surface area contributed by atoms with Crippen molar-refractivity contribution in [2.24, 2.45) is 11.8 Å². The minimum Gasteiger partial charge on any atom is -0.466 e. The van der Waals surface area contributed by atoms with E-state index in [-0.39, 0.29) is 23.8 Å². The van der Waals surface area contributed by atoms with E-state index in [1.807, 2.05) is 43.3 Å². The van der Waals surface area contributed by atoms with Crippen molar-refractivity contribution in [1.82, 2.24) is 4.90 Å². The van der Waals surface area contributed by atoms with E-state index < -0.39 is 0 Å². The van der Waals surface area contributed by atoms with Gasteiger partial charge in [0, 0.05) is 24.9 Å². The van der Waals surface area contributed by atoms with Crippen molar-refractivity contribution in [3.63, 3.8) is 0 Å². The third-order valence-corrected chi connectivity index (χ3v) is 5.35. The van der Waals surface area contributed by atoms with Gasteiger partial charge in [-0.3, -0.25) is 9.69 Å². The number of hydrogen-bond acceptors (Lipinski definition) is 4. The zero-order chi connectivity index (χ0) is 19.1. The van der Waals surface area contributed by atoms with Gasteiger partial charge in [0.05, 0.1) is 6.61 Å². The number of carbonyl (C=O) groups is 2. The molecule has 1 aliphatic rings. The van der Waals surface area contributed by atoms with Gasteiger partial charge in [-0.25, -0.2) is 0 Å². The maximum absolute atomic E-state index is 12.1. The molecule has 0 saturated carbocycles. The third kappa shape index (κ3) is 4.83. The first-order valence-electron chi connectivity index (χ1n) is 9.66. The number of esters is 1. The van der Waals surface area contributed by atoms with Gasteiger partial charge < -0.3 is 9.53 Å². The number of ether oxygens (including phenoxy) is 1. The standard InChI is InChI=1S/C23H27NO3/c1-2-27-22(26)15-20-13-14-24(16-18-9-5-3-6-10-18)23(21(20)17-25)19-11-7-4-8-12-19/h3-12,17,20-21,23H,2,13-16H2,1H3/t20-,21-,23+/m0/s1. The number of hydrogen-bond donors (Lipinski definition) is 0. The van der Waals surface area contributed by atoms with Gasteiger partial charge in [-0.2, -0.15) is 0 Å². The number of piperidine rings is 1. The molecule has 1 saturated heterocycles. The monoisotopic (exact) mass is 365 g/mol. The summed E-state index contributed by atoms with van der Waals surface area (Å²) in [5.41, 5.74) is 2.35. The van der Waals surface area contributed by atoms with Crippen LogP contribution in [0.4, 0.5) is 0 Å². The van der Waals surface area contributed by atoms with E-state index in [2.05, 4.69) is 29.2 Å². The summed E-state index contributed by atoms with van der Waals surface area (Å²) in [4.78, 5) is 26.5. The van der Waals surface area contributed by atoms with Gasteiger partial charge in [-0.05, 0) is 36.9 Å². The van der Waals surface area contributed by atoms with Crippen LogP contribution in [0.25, 0.3) is 0 Å². The highest BCUT2D eigenvalue weighted by Crippen LogP contribution is 2.40. The van der Waals surface area contributed by atoms with E-state index in [0.29, 0.717) is 13.0 Å². The van der Waals surface area contributed by atoms with E-state index in [9.17, 15) is 9.59 Å². The molecule has 0 spiro atoms. The van der Waals surface area contributed by atoms with Crippen LogP contribution in [0.5, 0.6) is 0 Å². The molecule has 0 radical (unpaired) electrons. The minimum absolute atomic E-state index is 0.0128. The molecular formula is C23H27NO3. The zero-order valence-electron chi connectivity index (χ0n) is 15.8. The predicted molar refractivity (Wildman–Crippen MR) is 105 cm³/mol. The molecule has 1 aliphatic heterocycles. The normalized spacial score (nSPS) is 22.9. The molecule has 0 N–H and O–H groups in total. The van der Waals surface area contributed by atoms with Gasteiger partial charge in [0.1, 0.15) is 6.29 Å². The van der Waals surface area contributed by atoms with Gasteiger partial charge in [-0.15, -0.1) is 0 Å². The summed E-state index contributed by atoms with van der Waals surface area (Å²) < 4.78 is 5.13. The molecule has 0 aromatic heterocycles. The average Bonchev–Trinajstić information content (AvgIpc) is 2.70. The van der Waals surface area contributed by atoms with Crippen molar-refractivity contribution >= 4 is 12.3 Å². The van der Waals surface area contributed by atoms with E-state index in [0.717, 1.165) is 31.4 Å². The topological polar surface area (TPSA) is 46.6 Å². The van der Waals surface area contributed by atoms with Crippen molar-refractivity contribution in [2.45, 2.75) is 32.4 Å². The summed E-state index contributed by atoms with van der Waals surface area (Å²) in [6, 6.07) is 20.4.